The maximum Gasteiger partial charge on any atom is 0.326 e. The van der Waals surface area contributed by atoms with Crippen LogP contribution < -0.4 is 22.1 Å². The Morgan fingerprint density at radius 2 is 1.58 bits per heavy atom. The van der Waals surface area contributed by atoms with Crippen LogP contribution in [-0.2, 0) is 24.0 Å². The number of nitrogens with two attached hydrogens (primary N) is 2. The predicted octanol–water partition coefficient (Wildman–Crippen LogP) is -2.14. The van der Waals surface area contributed by atoms with Gasteiger partial charge in [-0.05, 0) is 24.9 Å². The first-order valence-electron chi connectivity index (χ1n) is 7.66. The lowest BCUT2D eigenvalue weighted by atomic mass is 10.1. The van der Waals surface area contributed by atoms with Gasteiger partial charge in [0.2, 0.25) is 17.7 Å². The molecule has 0 aromatic heterocycles. The van der Waals surface area contributed by atoms with Gasteiger partial charge >= 0.3 is 11.9 Å². The van der Waals surface area contributed by atoms with E-state index in [1.807, 2.05) is 11.6 Å². The molecule has 0 bridgehead atoms. The minimum absolute atomic E-state index is 0.179. The van der Waals surface area contributed by atoms with E-state index in [-0.39, 0.29) is 12.8 Å². The van der Waals surface area contributed by atoms with E-state index in [1.54, 1.807) is 0 Å². The summed E-state index contributed by atoms with van der Waals surface area (Å²) in [5.74, 6) is -4.65. The van der Waals surface area contributed by atoms with E-state index >= 15 is 0 Å². The van der Waals surface area contributed by atoms with Gasteiger partial charge in [-0.3, -0.25) is 19.2 Å². The van der Waals surface area contributed by atoms with Gasteiger partial charge in [0.15, 0.2) is 0 Å². The van der Waals surface area contributed by atoms with Gasteiger partial charge < -0.3 is 32.3 Å². The fraction of sp³-hybridized carbons (Fsp3) is 0.643. The fourth-order valence-corrected chi connectivity index (χ4v) is 2.35. The monoisotopic (exact) mass is 392 g/mol. The van der Waals surface area contributed by atoms with E-state index in [4.69, 9.17) is 21.7 Å². The van der Waals surface area contributed by atoms with Crippen molar-refractivity contribution in [2.75, 3.05) is 12.0 Å². The Kier molecular flexibility index (Phi) is 11.0. The normalized spacial score (nSPS) is 13.9. The lowest BCUT2D eigenvalue weighted by Gasteiger charge is -2.22. The molecule has 0 heterocycles. The molecule has 3 atom stereocenters. The summed E-state index contributed by atoms with van der Waals surface area (Å²) < 4.78 is 0. The molecule has 0 unspecified atom stereocenters. The minimum Gasteiger partial charge on any atom is -0.481 e. The Hall–Kier alpha value is -2.34. The molecule has 0 radical (unpaired) electrons. The van der Waals surface area contributed by atoms with Crippen molar-refractivity contribution in [2.45, 2.75) is 43.8 Å². The second kappa shape index (κ2) is 12.1. The molecule has 0 aliphatic carbocycles. The van der Waals surface area contributed by atoms with Gasteiger partial charge in [0.1, 0.15) is 12.1 Å². The van der Waals surface area contributed by atoms with Crippen LogP contribution in [0, 0.1) is 0 Å². The lowest BCUT2D eigenvalue weighted by molar-refractivity contribution is -0.147. The number of carboxylic acids is 2. The summed E-state index contributed by atoms with van der Waals surface area (Å²) in [6, 6.07) is -3.84. The van der Waals surface area contributed by atoms with Crippen molar-refractivity contribution in [1.82, 2.24) is 10.6 Å². The van der Waals surface area contributed by atoms with Gasteiger partial charge in [0.05, 0.1) is 12.5 Å². The maximum atomic E-state index is 12.2. The zero-order chi connectivity index (χ0) is 20.3. The van der Waals surface area contributed by atoms with Crippen molar-refractivity contribution in [2.24, 2.45) is 11.5 Å². The molecule has 8 N–H and O–H groups in total. The number of nitrogens with one attached hydrogen (secondary N) is 2. The van der Waals surface area contributed by atoms with Gasteiger partial charge in [0, 0.05) is 6.42 Å². The van der Waals surface area contributed by atoms with Crippen molar-refractivity contribution in [3.05, 3.63) is 0 Å². The highest BCUT2D eigenvalue weighted by Crippen LogP contribution is 2.03. The molecule has 3 amide bonds. The molecule has 0 aliphatic rings. The van der Waals surface area contributed by atoms with Crippen LogP contribution in [0.15, 0.2) is 0 Å². The second-order valence-electron chi connectivity index (χ2n) is 5.45. The maximum absolute atomic E-state index is 12.2. The van der Waals surface area contributed by atoms with Crippen molar-refractivity contribution in [3.63, 3.8) is 0 Å². The SMILES string of the molecule is CSCC[C@H](N)C(=O)N[C@@H](CCC(N)=O)C(=O)N[C@@H](CC(=O)O)C(=O)O. The van der Waals surface area contributed by atoms with Crippen molar-refractivity contribution in [3.8, 4) is 0 Å². The van der Waals surface area contributed by atoms with Crippen LogP contribution in [0.4, 0.5) is 0 Å². The van der Waals surface area contributed by atoms with Gasteiger partial charge in [-0.1, -0.05) is 0 Å². The summed E-state index contributed by atoms with van der Waals surface area (Å²) in [7, 11) is 0. The molecule has 0 aromatic rings. The number of thioether (sulfide) groups is 1. The van der Waals surface area contributed by atoms with Crippen molar-refractivity contribution >= 4 is 41.4 Å². The van der Waals surface area contributed by atoms with E-state index in [2.05, 4.69) is 5.32 Å². The number of aliphatic carboxylic acids is 2. The molecule has 0 spiro atoms. The third kappa shape index (κ3) is 9.84. The highest BCUT2D eigenvalue weighted by molar-refractivity contribution is 7.98. The summed E-state index contributed by atoms with van der Waals surface area (Å²) in [5, 5.41) is 22.0. The largest absolute Gasteiger partial charge is 0.481 e. The molecule has 0 saturated carbocycles. The molecule has 148 valence electrons. The summed E-state index contributed by atoms with van der Waals surface area (Å²) >= 11 is 1.48. The highest BCUT2D eigenvalue weighted by Gasteiger charge is 2.29. The summed E-state index contributed by atoms with van der Waals surface area (Å²) in [6.07, 6.45) is 0.928. The predicted molar refractivity (Wildman–Crippen MR) is 93.2 cm³/mol. The Labute approximate surface area is 154 Å². The Bertz CT molecular complexity index is 543. The van der Waals surface area contributed by atoms with Crippen LogP contribution in [0.25, 0.3) is 0 Å². The Morgan fingerprint density at radius 3 is 2.04 bits per heavy atom. The van der Waals surface area contributed by atoms with Gasteiger partial charge in [-0.25, -0.2) is 4.79 Å². The van der Waals surface area contributed by atoms with E-state index in [1.165, 1.54) is 11.8 Å². The molecule has 11 nitrogen and oxygen atoms in total. The molecule has 0 fully saturated rings. The molecule has 0 saturated heterocycles. The van der Waals surface area contributed by atoms with Gasteiger partial charge in [0.25, 0.3) is 0 Å². The number of hydrogen-bond acceptors (Lipinski definition) is 7. The third-order valence-corrected chi connectivity index (χ3v) is 3.92. The van der Waals surface area contributed by atoms with Crippen LogP contribution in [0.2, 0.25) is 0 Å². The standard InChI is InChI=1S/C14H24N4O7S/c1-26-5-4-7(15)12(22)17-8(2-3-10(16)19)13(23)18-9(14(24)25)6-11(20)21/h7-9H,2-6,15H2,1H3,(H2,16,19)(H,17,22)(H,18,23)(H,20,21)(H,24,25)/t7-,8-,9-/m0/s1. The number of rotatable bonds is 13. The highest BCUT2D eigenvalue weighted by atomic mass is 32.2. The Balaban J connectivity index is 5.05. The van der Waals surface area contributed by atoms with E-state index < -0.39 is 54.2 Å². The molecule has 12 heteroatoms. The third-order valence-electron chi connectivity index (χ3n) is 3.28. The van der Waals surface area contributed by atoms with Crippen molar-refractivity contribution in [1.29, 1.82) is 0 Å². The average Bonchev–Trinajstić information content (AvgIpc) is 2.54. The summed E-state index contributed by atoms with van der Waals surface area (Å²) in [5.41, 5.74) is 10.7. The first-order chi connectivity index (χ1) is 12.1. The number of amides is 3. The van der Waals surface area contributed by atoms with Crippen LogP contribution in [0.3, 0.4) is 0 Å². The van der Waals surface area contributed by atoms with Crippen molar-refractivity contribution < 1.29 is 34.2 Å². The topological polar surface area (TPSA) is 202 Å². The number of carbonyl (C=O) groups excluding carboxylic acids is 3. The number of carbonyl (C=O) groups is 5. The molecule has 0 aliphatic heterocycles. The summed E-state index contributed by atoms with van der Waals surface area (Å²) in [6.45, 7) is 0. The number of hydrogen-bond donors (Lipinski definition) is 6. The average molecular weight is 392 g/mol. The molecular weight excluding hydrogens is 368 g/mol. The van der Waals surface area contributed by atoms with Crippen LogP contribution in [0.1, 0.15) is 25.7 Å². The van der Waals surface area contributed by atoms with E-state index in [0.717, 1.165) is 0 Å². The van der Waals surface area contributed by atoms with E-state index in [9.17, 15) is 24.0 Å². The van der Waals surface area contributed by atoms with E-state index in [0.29, 0.717) is 12.2 Å². The van der Waals surface area contributed by atoms with Crippen LogP contribution >= 0.6 is 11.8 Å². The second-order valence-corrected chi connectivity index (χ2v) is 6.44. The molecular formula is C14H24N4O7S. The number of primary amides is 1. The molecule has 26 heavy (non-hydrogen) atoms. The number of carboxylic acid groups (broad SMARTS) is 2. The fourth-order valence-electron chi connectivity index (χ4n) is 1.86. The quantitative estimate of drug-likeness (QED) is 0.202. The van der Waals surface area contributed by atoms with Gasteiger partial charge in [-0.15, -0.1) is 0 Å². The van der Waals surface area contributed by atoms with Crippen LogP contribution in [0.5, 0.6) is 0 Å². The smallest absolute Gasteiger partial charge is 0.326 e. The Morgan fingerprint density at radius 1 is 1.00 bits per heavy atom. The first-order valence-corrected chi connectivity index (χ1v) is 9.06. The van der Waals surface area contributed by atoms with Crippen LogP contribution in [-0.4, -0.2) is 70.0 Å². The lowest BCUT2D eigenvalue weighted by Crippen LogP contribution is -2.55. The molecule has 0 aromatic carbocycles. The minimum atomic E-state index is -1.68. The zero-order valence-corrected chi connectivity index (χ0v) is 15.1. The zero-order valence-electron chi connectivity index (χ0n) is 14.3. The summed E-state index contributed by atoms with van der Waals surface area (Å²) in [4.78, 5) is 57.0. The first kappa shape index (κ1) is 23.7. The van der Waals surface area contributed by atoms with Gasteiger partial charge in [-0.2, -0.15) is 11.8 Å². The molecule has 0 rings (SSSR count).